The number of nitrogens with zero attached hydrogens (tertiary/aromatic N) is 5. The molecule has 1 atom stereocenters. The van der Waals surface area contributed by atoms with Gasteiger partial charge in [0.25, 0.3) is 5.56 Å². The number of hydrogen-bond acceptors (Lipinski definition) is 7. The molecule has 1 saturated heterocycles. The number of H-pyrrole nitrogens is 1. The summed E-state index contributed by atoms with van der Waals surface area (Å²) >= 11 is 0. The van der Waals surface area contributed by atoms with Gasteiger partial charge >= 0.3 is 6.18 Å². The van der Waals surface area contributed by atoms with Crippen LogP contribution >= 0.6 is 0 Å². The lowest BCUT2D eigenvalue weighted by atomic mass is 10.0. The number of sulfone groups is 1. The van der Waals surface area contributed by atoms with Crippen molar-refractivity contribution < 1.29 is 21.6 Å². The number of anilines is 2. The molecule has 1 fully saturated rings. The van der Waals surface area contributed by atoms with E-state index in [-0.39, 0.29) is 70.3 Å². The normalized spacial score (nSPS) is 17.6. The molecule has 34 heavy (non-hydrogen) atoms. The first-order chi connectivity index (χ1) is 15.8. The Balaban J connectivity index is 1.90. The molecule has 3 aromatic heterocycles. The Hall–Kier alpha value is -3.03. The molecule has 1 aliphatic heterocycles. The van der Waals surface area contributed by atoms with Crippen LogP contribution in [0.4, 0.5) is 24.8 Å². The van der Waals surface area contributed by atoms with Gasteiger partial charge in [-0.25, -0.2) is 13.1 Å². The number of nitrogen functional groups attached to an aromatic ring is 1. The average molecular weight is 502 g/mol. The van der Waals surface area contributed by atoms with Crippen molar-refractivity contribution in [2.75, 3.05) is 35.2 Å². The Morgan fingerprint density at radius 2 is 1.85 bits per heavy atom. The molecule has 0 saturated carbocycles. The van der Waals surface area contributed by atoms with Crippen LogP contribution in [0.15, 0.2) is 17.1 Å². The summed E-state index contributed by atoms with van der Waals surface area (Å²) in [6.45, 7) is 4.52. The maximum Gasteiger partial charge on any atom is 0.408 e. The van der Waals surface area contributed by atoms with Gasteiger partial charge < -0.3 is 15.2 Å². The molecule has 1 unspecified atom stereocenters. The third-order valence-electron chi connectivity index (χ3n) is 6.22. The van der Waals surface area contributed by atoms with Gasteiger partial charge in [0.2, 0.25) is 0 Å². The number of hydrogen-bond donors (Lipinski definition) is 2. The molecule has 186 valence electrons. The molecule has 0 aliphatic carbocycles. The Morgan fingerprint density at radius 1 is 1.21 bits per heavy atom. The first kappa shape index (κ1) is 24.1. The Kier molecular flexibility index (Phi) is 5.90. The van der Waals surface area contributed by atoms with E-state index in [9.17, 15) is 26.4 Å². The largest absolute Gasteiger partial charge is 0.408 e. The summed E-state index contributed by atoms with van der Waals surface area (Å²) in [7, 11) is -3.23. The molecule has 14 heteroatoms. The molecular formula is C20H26F3N7O3S. The van der Waals surface area contributed by atoms with Crippen molar-refractivity contribution >= 4 is 32.4 Å². The van der Waals surface area contributed by atoms with E-state index < -0.39 is 22.6 Å². The number of aromatic amines is 1. The number of nitrogens with one attached hydrogen (secondary N) is 1. The molecule has 0 aromatic carbocycles. The van der Waals surface area contributed by atoms with Crippen molar-refractivity contribution in [3.63, 3.8) is 0 Å². The summed E-state index contributed by atoms with van der Waals surface area (Å²) in [4.78, 5) is 14.7. The SMILES string of the molecule is CC(C)C(C)n1cc(-c2cc(N3CCS(=O)(=O)CC3)n(CC(F)(F)F)n2)c2[nH]nc(N)c2c1=O. The highest BCUT2D eigenvalue weighted by Crippen LogP contribution is 2.33. The second kappa shape index (κ2) is 8.32. The highest BCUT2D eigenvalue weighted by Gasteiger charge is 2.33. The average Bonchev–Trinajstić information content (AvgIpc) is 3.31. The summed E-state index contributed by atoms with van der Waals surface area (Å²) in [6.07, 6.45) is -2.99. The summed E-state index contributed by atoms with van der Waals surface area (Å²) in [5, 5.41) is 11.0. The Labute approximate surface area is 193 Å². The predicted molar refractivity (Wildman–Crippen MR) is 122 cm³/mol. The van der Waals surface area contributed by atoms with Crippen LogP contribution in [0.25, 0.3) is 22.2 Å². The first-order valence-electron chi connectivity index (χ1n) is 10.8. The summed E-state index contributed by atoms with van der Waals surface area (Å²) < 4.78 is 66.0. The maximum atomic E-state index is 13.3. The quantitative estimate of drug-likeness (QED) is 0.548. The number of nitrogens with two attached hydrogens (primary N) is 1. The molecule has 10 nitrogen and oxygen atoms in total. The monoisotopic (exact) mass is 501 g/mol. The fourth-order valence-corrected chi connectivity index (χ4v) is 5.20. The van der Waals surface area contributed by atoms with Crippen molar-refractivity contribution in [2.24, 2.45) is 5.92 Å². The Morgan fingerprint density at radius 3 is 2.44 bits per heavy atom. The van der Waals surface area contributed by atoms with Gasteiger partial charge in [0, 0.05) is 37.0 Å². The summed E-state index contributed by atoms with van der Waals surface area (Å²) in [5.74, 6) is -0.0834. The summed E-state index contributed by atoms with van der Waals surface area (Å²) in [5.41, 5.74) is 6.41. The predicted octanol–water partition coefficient (Wildman–Crippen LogP) is 2.18. The maximum absolute atomic E-state index is 13.3. The van der Waals surface area contributed by atoms with Gasteiger partial charge in [-0.05, 0) is 12.8 Å². The van der Waals surface area contributed by atoms with E-state index in [1.807, 2.05) is 20.8 Å². The summed E-state index contributed by atoms with van der Waals surface area (Å²) in [6, 6.07) is 1.25. The van der Waals surface area contributed by atoms with Gasteiger partial charge in [0.15, 0.2) is 15.7 Å². The molecule has 1 aliphatic rings. The van der Waals surface area contributed by atoms with Gasteiger partial charge in [0.05, 0.1) is 22.7 Å². The van der Waals surface area contributed by atoms with Crippen LogP contribution in [-0.4, -0.2) is 63.7 Å². The highest BCUT2D eigenvalue weighted by atomic mass is 32.2. The zero-order valence-corrected chi connectivity index (χ0v) is 19.7. The minimum Gasteiger partial charge on any atom is -0.382 e. The molecule has 0 spiro atoms. The number of alkyl halides is 3. The van der Waals surface area contributed by atoms with Crippen LogP contribution in [-0.2, 0) is 16.4 Å². The number of aromatic nitrogens is 5. The van der Waals surface area contributed by atoms with E-state index in [2.05, 4.69) is 15.3 Å². The minimum atomic E-state index is -4.54. The van der Waals surface area contributed by atoms with Crippen molar-refractivity contribution in [2.45, 2.75) is 39.5 Å². The van der Waals surface area contributed by atoms with Crippen LogP contribution in [0, 0.1) is 5.92 Å². The van der Waals surface area contributed by atoms with Crippen molar-refractivity contribution in [3.8, 4) is 11.3 Å². The van der Waals surface area contributed by atoms with Gasteiger partial charge in [0.1, 0.15) is 17.7 Å². The molecule has 4 heterocycles. The molecule has 4 rings (SSSR count). The number of halogens is 3. The number of rotatable bonds is 5. The van der Waals surface area contributed by atoms with Gasteiger partial charge in [-0.15, -0.1) is 0 Å². The van der Waals surface area contributed by atoms with Gasteiger partial charge in [-0.2, -0.15) is 23.4 Å². The van der Waals surface area contributed by atoms with E-state index in [0.29, 0.717) is 5.56 Å². The molecule has 0 radical (unpaired) electrons. The van der Waals surface area contributed by atoms with Crippen LogP contribution in [0.2, 0.25) is 0 Å². The smallest absolute Gasteiger partial charge is 0.382 e. The van der Waals surface area contributed by atoms with Crippen LogP contribution < -0.4 is 16.2 Å². The lowest BCUT2D eigenvalue weighted by Crippen LogP contribution is -2.41. The zero-order valence-electron chi connectivity index (χ0n) is 18.9. The minimum absolute atomic E-state index is 0.0114. The molecule has 3 N–H and O–H groups in total. The fourth-order valence-electron chi connectivity index (χ4n) is 4.00. The van der Waals surface area contributed by atoms with E-state index in [1.54, 1.807) is 11.1 Å². The van der Waals surface area contributed by atoms with Crippen LogP contribution in [0.3, 0.4) is 0 Å². The third kappa shape index (κ3) is 4.50. The van der Waals surface area contributed by atoms with E-state index in [4.69, 9.17) is 5.73 Å². The lowest BCUT2D eigenvalue weighted by molar-refractivity contribution is -0.142. The number of pyridine rings is 1. The molecule has 0 amide bonds. The second-order valence-corrected chi connectivity index (χ2v) is 11.2. The standard InChI is InChI=1S/C20H26F3N7O3S/c1-11(2)12(3)29-9-13(17-16(19(29)31)18(24)26-25-17)14-8-15(30(27-14)10-20(21,22)23)28-4-6-34(32,33)7-5-28/h8-9,11-12H,4-7,10H2,1-3H3,(H3,24,25,26). The lowest BCUT2D eigenvalue weighted by Gasteiger charge is -2.28. The van der Waals surface area contributed by atoms with Crippen molar-refractivity contribution in [1.29, 1.82) is 0 Å². The van der Waals surface area contributed by atoms with Gasteiger partial charge in [-0.1, -0.05) is 13.8 Å². The van der Waals surface area contributed by atoms with Crippen LogP contribution in [0.1, 0.15) is 26.8 Å². The van der Waals surface area contributed by atoms with E-state index >= 15 is 0 Å². The van der Waals surface area contributed by atoms with E-state index in [1.165, 1.54) is 10.6 Å². The number of fused-ring (bicyclic) bond motifs is 1. The van der Waals surface area contributed by atoms with E-state index in [0.717, 1.165) is 4.68 Å². The third-order valence-corrected chi connectivity index (χ3v) is 7.83. The van der Waals surface area contributed by atoms with Crippen LogP contribution in [0.5, 0.6) is 0 Å². The second-order valence-electron chi connectivity index (χ2n) is 8.90. The Bertz CT molecular complexity index is 1370. The molecule has 0 bridgehead atoms. The highest BCUT2D eigenvalue weighted by molar-refractivity contribution is 7.91. The molecule has 3 aromatic rings. The van der Waals surface area contributed by atoms with Crippen molar-refractivity contribution in [1.82, 2.24) is 24.5 Å². The van der Waals surface area contributed by atoms with Crippen molar-refractivity contribution in [3.05, 3.63) is 22.6 Å². The fraction of sp³-hybridized carbons (Fsp3) is 0.550. The first-order valence-corrected chi connectivity index (χ1v) is 12.6. The molecular weight excluding hydrogens is 475 g/mol. The van der Waals surface area contributed by atoms with Gasteiger partial charge in [-0.3, -0.25) is 9.89 Å². The zero-order chi connectivity index (χ0) is 25.0. The topological polar surface area (TPSA) is 132 Å².